The number of hydrogen-bond acceptors (Lipinski definition) is 5. The molecule has 0 radical (unpaired) electrons. The number of nitrogens with zero attached hydrogens (tertiary/aromatic N) is 2. The van der Waals surface area contributed by atoms with Crippen LogP contribution in [0.3, 0.4) is 0 Å². The van der Waals surface area contributed by atoms with Crippen LogP contribution in [0.5, 0.6) is 5.75 Å². The molecule has 1 aliphatic heterocycles. The van der Waals surface area contributed by atoms with Crippen LogP contribution in [0.1, 0.15) is 73.9 Å². The summed E-state index contributed by atoms with van der Waals surface area (Å²) in [6.45, 7) is 8.96. The Morgan fingerprint density at radius 1 is 1.08 bits per heavy atom. The third-order valence-corrected chi connectivity index (χ3v) is 8.32. The average Bonchev–Trinajstić information content (AvgIpc) is 2.94. The molecule has 2 atom stereocenters. The van der Waals surface area contributed by atoms with E-state index >= 15 is 0 Å². The fourth-order valence-electron chi connectivity index (χ4n) is 6.07. The molecule has 7 heteroatoms. The van der Waals surface area contributed by atoms with E-state index in [1.807, 2.05) is 12.1 Å². The minimum absolute atomic E-state index is 0.0446. The maximum Gasteiger partial charge on any atom is 0.254 e. The second-order valence-corrected chi connectivity index (χ2v) is 11.8. The lowest BCUT2D eigenvalue weighted by Gasteiger charge is -2.44. The van der Waals surface area contributed by atoms with Crippen molar-refractivity contribution in [2.45, 2.75) is 90.0 Å². The van der Waals surface area contributed by atoms with Gasteiger partial charge in [0.15, 0.2) is 0 Å². The molecule has 0 spiro atoms. The Labute approximate surface area is 234 Å². The number of aryl methyl sites for hydroxylation is 1. The Morgan fingerprint density at radius 3 is 2.51 bits per heavy atom. The van der Waals surface area contributed by atoms with Crippen molar-refractivity contribution in [3.63, 3.8) is 0 Å². The van der Waals surface area contributed by atoms with Crippen LogP contribution in [0.2, 0.25) is 0 Å². The van der Waals surface area contributed by atoms with Gasteiger partial charge in [-0.15, -0.1) is 0 Å². The van der Waals surface area contributed by atoms with Gasteiger partial charge in [-0.2, -0.15) is 0 Å². The number of piperidine rings is 1. The van der Waals surface area contributed by atoms with Crippen molar-refractivity contribution >= 4 is 11.8 Å². The van der Waals surface area contributed by atoms with E-state index in [0.717, 1.165) is 45.2 Å². The van der Waals surface area contributed by atoms with Gasteiger partial charge in [0.2, 0.25) is 5.91 Å². The topological polar surface area (TPSA) is 87.9 Å². The fraction of sp³-hybridized carbons (Fsp3) is 0.562. The van der Waals surface area contributed by atoms with Gasteiger partial charge < -0.3 is 20.7 Å². The fourth-order valence-corrected chi connectivity index (χ4v) is 6.07. The van der Waals surface area contributed by atoms with Gasteiger partial charge in [0, 0.05) is 43.3 Å². The first-order valence-corrected chi connectivity index (χ1v) is 14.5. The maximum atomic E-state index is 13.8. The predicted molar refractivity (Wildman–Crippen MR) is 156 cm³/mol. The van der Waals surface area contributed by atoms with Gasteiger partial charge in [-0.05, 0) is 80.7 Å². The summed E-state index contributed by atoms with van der Waals surface area (Å²) >= 11 is 0. The van der Waals surface area contributed by atoms with Crippen LogP contribution >= 0.6 is 0 Å². The number of methoxy groups -OCH3 is 1. The summed E-state index contributed by atoms with van der Waals surface area (Å²) in [5, 5.41) is 3.30. The number of likely N-dealkylation sites (tertiary alicyclic amines) is 1. The van der Waals surface area contributed by atoms with Crippen molar-refractivity contribution in [3.8, 4) is 5.75 Å². The Morgan fingerprint density at radius 2 is 1.82 bits per heavy atom. The molecule has 1 unspecified atom stereocenters. The summed E-state index contributed by atoms with van der Waals surface area (Å²) in [4.78, 5) is 31.9. The van der Waals surface area contributed by atoms with Crippen LogP contribution in [-0.4, -0.2) is 66.0 Å². The SMILES string of the molecule is COc1cccc(C(=O)N2CCC(N(Cc3ccccc3C)CC(C)C)C[C@@H]2C(=O)NC2CCC(N)CC2)c1. The van der Waals surface area contributed by atoms with Crippen LogP contribution in [0, 0.1) is 12.8 Å². The molecule has 2 aromatic rings. The monoisotopic (exact) mass is 534 g/mol. The molecule has 0 bridgehead atoms. The van der Waals surface area contributed by atoms with Crippen LogP contribution in [0.15, 0.2) is 48.5 Å². The molecule has 2 aliphatic rings. The molecule has 1 saturated heterocycles. The molecule has 2 aromatic carbocycles. The number of rotatable bonds is 9. The molecule has 0 aromatic heterocycles. The van der Waals surface area contributed by atoms with Gasteiger partial charge in [-0.25, -0.2) is 0 Å². The van der Waals surface area contributed by atoms with Crippen molar-refractivity contribution < 1.29 is 14.3 Å². The molecule has 3 N–H and O–H groups in total. The lowest BCUT2D eigenvalue weighted by molar-refractivity contribution is -0.128. The third kappa shape index (κ3) is 7.61. The summed E-state index contributed by atoms with van der Waals surface area (Å²) in [5.74, 6) is 0.963. The highest BCUT2D eigenvalue weighted by molar-refractivity contribution is 5.98. The predicted octanol–water partition coefficient (Wildman–Crippen LogP) is 4.52. The van der Waals surface area contributed by atoms with Crippen molar-refractivity contribution in [3.05, 3.63) is 65.2 Å². The molecule has 39 heavy (non-hydrogen) atoms. The maximum absolute atomic E-state index is 13.8. The first-order valence-electron chi connectivity index (χ1n) is 14.5. The summed E-state index contributed by atoms with van der Waals surface area (Å²) < 4.78 is 5.36. The number of nitrogens with two attached hydrogens (primary N) is 1. The minimum Gasteiger partial charge on any atom is -0.497 e. The molecule has 2 amide bonds. The Hall–Kier alpha value is -2.90. The second-order valence-electron chi connectivity index (χ2n) is 11.8. The molecule has 1 saturated carbocycles. The van der Waals surface area contributed by atoms with E-state index in [-0.39, 0.29) is 29.9 Å². The molecule has 2 fully saturated rings. The number of hydrogen-bond donors (Lipinski definition) is 2. The van der Waals surface area contributed by atoms with Crippen molar-refractivity contribution in [1.82, 2.24) is 15.1 Å². The van der Waals surface area contributed by atoms with Crippen LogP contribution in [0.25, 0.3) is 0 Å². The average molecular weight is 535 g/mol. The third-order valence-electron chi connectivity index (χ3n) is 8.32. The highest BCUT2D eigenvalue weighted by atomic mass is 16.5. The highest BCUT2D eigenvalue weighted by Gasteiger charge is 2.39. The summed E-state index contributed by atoms with van der Waals surface area (Å²) in [5.41, 5.74) is 9.25. The van der Waals surface area contributed by atoms with Crippen molar-refractivity contribution in [1.29, 1.82) is 0 Å². The lowest BCUT2D eigenvalue weighted by Crippen LogP contribution is -2.59. The number of amides is 2. The van der Waals surface area contributed by atoms with E-state index in [9.17, 15) is 9.59 Å². The zero-order valence-electron chi connectivity index (χ0n) is 24.1. The van der Waals surface area contributed by atoms with Crippen LogP contribution < -0.4 is 15.8 Å². The normalized spacial score (nSPS) is 23.6. The number of carbonyl (C=O) groups excluding carboxylic acids is 2. The van der Waals surface area contributed by atoms with Crippen molar-refractivity contribution in [2.75, 3.05) is 20.2 Å². The van der Waals surface area contributed by atoms with Gasteiger partial charge in [0.25, 0.3) is 5.91 Å². The molecular weight excluding hydrogens is 488 g/mol. The van der Waals surface area contributed by atoms with Crippen molar-refractivity contribution in [2.24, 2.45) is 11.7 Å². The molecular formula is C32H46N4O3. The van der Waals surface area contributed by atoms with Crippen LogP contribution in [0.4, 0.5) is 0 Å². The quantitative estimate of drug-likeness (QED) is 0.494. The summed E-state index contributed by atoms with van der Waals surface area (Å²) in [6, 6.07) is 15.8. The smallest absolute Gasteiger partial charge is 0.254 e. The zero-order valence-corrected chi connectivity index (χ0v) is 24.1. The number of benzene rings is 2. The van der Waals surface area contributed by atoms with E-state index in [4.69, 9.17) is 10.5 Å². The standard InChI is InChI=1S/C32H46N4O3/c1-22(2)20-35(21-25-9-6-5-8-23(25)3)28-16-17-36(32(38)24-10-7-11-29(18-24)39-4)30(19-28)31(37)34-27-14-12-26(33)13-15-27/h5-11,18,22,26-28,30H,12-17,19-21,33H2,1-4H3,(H,34,37)/t26?,27?,28?,30-/m1/s1. The van der Waals surface area contributed by atoms with E-state index in [1.165, 1.54) is 11.1 Å². The van der Waals surface area contributed by atoms with Gasteiger partial charge in [-0.1, -0.05) is 44.2 Å². The van der Waals surface area contributed by atoms with E-state index in [2.05, 4.69) is 55.3 Å². The molecule has 1 aliphatic carbocycles. The Kier molecular flexibility index (Phi) is 10.0. The largest absolute Gasteiger partial charge is 0.497 e. The van der Waals surface area contributed by atoms with E-state index in [1.54, 1.807) is 24.1 Å². The molecule has 212 valence electrons. The zero-order chi connectivity index (χ0) is 27.9. The molecule has 7 nitrogen and oxygen atoms in total. The van der Waals surface area contributed by atoms with Gasteiger partial charge >= 0.3 is 0 Å². The minimum atomic E-state index is -0.524. The van der Waals surface area contributed by atoms with Gasteiger partial charge in [-0.3, -0.25) is 14.5 Å². The van der Waals surface area contributed by atoms with E-state index in [0.29, 0.717) is 30.2 Å². The molecule has 1 heterocycles. The van der Waals surface area contributed by atoms with Gasteiger partial charge in [0.1, 0.15) is 11.8 Å². The first kappa shape index (κ1) is 29.1. The number of nitrogens with one attached hydrogen (secondary N) is 1. The summed E-state index contributed by atoms with van der Waals surface area (Å²) in [6.07, 6.45) is 5.06. The summed E-state index contributed by atoms with van der Waals surface area (Å²) in [7, 11) is 1.60. The second kappa shape index (κ2) is 13.4. The Balaban J connectivity index is 1.57. The number of carbonyl (C=O) groups is 2. The van der Waals surface area contributed by atoms with Crippen LogP contribution in [-0.2, 0) is 11.3 Å². The number of ether oxygens (including phenoxy) is 1. The first-order chi connectivity index (χ1) is 18.7. The van der Waals surface area contributed by atoms with Gasteiger partial charge in [0.05, 0.1) is 7.11 Å². The Bertz CT molecular complexity index is 1110. The highest BCUT2D eigenvalue weighted by Crippen LogP contribution is 2.28. The van der Waals surface area contributed by atoms with E-state index < -0.39 is 6.04 Å². The lowest BCUT2D eigenvalue weighted by atomic mass is 9.90. The molecule has 4 rings (SSSR count).